The molecule has 0 spiro atoms. The minimum atomic E-state index is -0.532. The van der Waals surface area contributed by atoms with Gasteiger partial charge in [-0.25, -0.2) is 4.79 Å². The second kappa shape index (κ2) is 7.37. The first-order chi connectivity index (χ1) is 12.4. The number of carbonyl (C=O) groups is 1. The third kappa shape index (κ3) is 3.39. The van der Waals surface area contributed by atoms with E-state index in [1.54, 1.807) is 24.0 Å². The summed E-state index contributed by atoms with van der Waals surface area (Å²) in [5, 5.41) is 10.2. The molecular weight excluding hydrogens is 338 g/mol. The molecule has 140 valence electrons. The van der Waals surface area contributed by atoms with Crippen LogP contribution in [-0.4, -0.2) is 49.3 Å². The lowest BCUT2D eigenvalue weighted by molar-refractivity contribution is -0.132. The molecule has 1 N–H and O–H groups in total. The number of ether oxygens (including phenoxy) is 2. The normalized spacial score (nSPS) is 15.3. The average Bonchev–Trinajstić information content (AvgIpc) is 2.64. The maximum Gasteiger partial charge on any atom is 0.340 e. The Hall–Kier alpha value is -2.54. The molecule has 1 aromatic heterocycles. The van der Waals surface area contributed by atoms with Gasteiger partial charge in [-0.15, -0.1) is 0 Å². The topological polar surface area (TPSA) is 89.2 Å². The van der Waals surface area contributed by atoms with Crippen LogP contribution in [-0.2, 0) is 11.2 Å². The Labute approximate surface area is 151 Å². The molecule has 0 bridgehead atoms. The number of fused-ring (bicyclic) bond motifs is 1. The van der Waals surface area contributed by atoms with Crippen LogP contribution in [0.4, 0.5) is 0 Å². The molecule has 0 aliphatic carbocycles. The van der Waals surface area contributed by atoms with Crippen LogP contribution in [0.3, 0.4) is 0 Å². The van der Waals surface area contributed by atoms with Gasteiger partial charge in [0.25, 0.3) is 0 Å². The molecule has 3 rings (SSSR count). The lowest BCUT2D eigenvalue weighted by Gasteiger charge is -2.29. The van der Waals surface area contributed by atoms with Gasteiger partial charge in [0.2, 0.25) is 5.91 Å². The van der Waals surface area contributed by atoms with Gasteiger partial charge < -0.3 is 23.9 Å². The molecule has 0 unspecified atom stereocenters. The van der Waals surface area contributed by atoms with Crippen LogP contribution in [0.1, 0.15) is 24.0 Å². The summed E-state index contributed by atoms with van der Waals surface area (Å²) in [6, 6.07) is 3.34. The smallest absolute Gasteiger partial charge is 0.340 e. The van der Waals surface area contributed by atoms with Gasteiger partial charge in [0, 0.05) is 25.2 Å². The molecular formula is C19H23NO6. The first-order valence-electron chi connectivity index (χ1n) is 8.58. The molecule has 0 radical (unpaired) electrons. The van der Waals surface area contributed by atoms with Gasteiger partial charge in [-0.3, -0.25) is 4.79 Å². The fourth-order valence-corrected chi connectivity index (χ4v) is 3.34. The van der Waals surface area contributed by atoms with E-state index in [2.05, 4.69) is 0 Å². The maximum absolute atomic E-state index is 12.6. The van der Waals surface area contributed by atoms with E-state index in [1.807, 2.05) is 0 Å². The summed E-state index contributed by atoms with van der Waals surface area (Å²) >= 11 is 0. The van der Waals surface area contributed by atoms with Crippen LogP contribution in [0.25, 0.3) is 11.0 Å². The van der Waals surface area contributed by atoms with Crippen molar-refractivity contribution in [3.05, 3.63) is 33.7 Å². The first kappa shape index (κ1) is 18.3. The molecule has 7 heteroatoms. The summed E-state index contributed by atoms with van der Waals surface area (Å²) in [4.78, 5) is 26.7. The third-order valence-corrected chi connectivity index (χ3v) is 4.92. The number of aryl methyl sites for hydroxylation is 1. The van der Waals surface area contributed by atoms with Crippen molar-refractivity contribution >= 4 is 16.9 Å². The lowest BCUT2D eigenvalue weighted by atomic mass is 10.0. The zero-order valence-corrected chi connectivity index (χ0v) is 15.2. The average molecular weight is 361 g/mol. The molecule has 2 heterocycles. The summed E-state index contributed by atoms with van der Waals surface area (Å²) in [5.41, 5.74) is 0.829. The minimum absolute atomic E-state index is 0.0324. The largest absolute Gasteiger partial charge is 0.496 e. The van der Waals surface area contributed by atoms with Crippen LogP contribution < -0.4 is 15.1 Å². The number of hydrogen-bond acceptors (Lipinski definition) is 6. The van der Waals surface area contributed by atoms with Gasteiger partial charge in [-0.2, -0.15) is 0 Å². The maximum atomic E-state index is 12.6. The van der Waals surface area contributed by atoms with Gasteiger partial charge in [0.15, 0.2) is 0 Å². The number of nitrogens with zero attached hydrogens (tertiary/aromatic N) is 1. The van der Waals surface area contributed by atoms with Crippen molar-refractivity contribution in [1.82, 2.24) is 4.90 Å². The fraction of sp³-hybridized carbons (Fsp3) is 0.474. The number of rotatable bonds is 4. The van der Waals surface area contributed by atoms with Gasteiger partial charge in [-0.1, -0.05) is 0 Å². The Bertz CT molecular complexity index is 880. The highest BCUT2D eigenvalue weighted by atomic mass is 16.5. The van der Waals surface area contributed by atoms with Crippen LogP contribution in [0.5, 0.6) is 11.5 Å². The molecule has 0 atom stereocenters. The molecule has 1 aliphatic rings. The Morgan fingerprint density at radius 2 is 1.96 bits per heavy atom. The highest BCUT2D eigenvalue weighted by molar-refractivity contribution is 5.90. The van der Waals surface area contributed by atoms with Crippen molar-refractivity contribution < 1.29 is 23.8 Å². The molecule has 2 aromatic rings. The van der Waals surface area contributed by atoms with Gasteiger partial charge in [0.05, 0.1) is 37.7 Å². The van der Waals surface area contributed by atoms with E-state index in [1.165, 1.54) is 14.2 Å². The van der Waals surface area contributed by atoms with E-state index in [0.717, 1.165) is 0 Å². The summed E-state index contributed by atoms with van der Waals surface area (Å²) < 4.78 is 16.1. The van der Waals surface area contributed by atoms with Gasteiger partial charge >= 0.3 is 5.63 Å². The predicted octanol–water partition coefficient (Wildman–Crippen LogP) is 1.64. The zero-order valence-electron chi connectivity index (χ0n) is 15.2. The third-order valence-electron chi connectivity index (χ3n) is 4.92. The lowest BCUT2D eigenvalue weighted by Crippen LogP contribution is -2.41. The molecule has 1 amide bonds. The number of hydrogen-bond donors (Lipinski definition) is 1. The molecule has 1 aliphatic heterocycles. The summed E-state index contributed by atoms with van der Waals surface area (Å²) in [6.07, 6.45) is 0.732. The highest BCUT2D eigenvalue weighted by Gasteiger charge is 2.24. The number of carbonyl (C=O) groups excluding carboxylic acids is 1. The SMILES string of the molecule is COc1cc(OC)c2c(C)c(CC(=O)N3CCC(O)CC3)c(=O)oc2c1. The Morgan fingerprint density at radius 3 is 2.58 bits per heavy atom. The first-order valence-corrected chi connectivity index (χ1v) is 8.58. The Kier molecular flexibility index (Phi) is 5.18. The van der Waals surface area contributed by atoms with Crippen molar-refractivity contribution in [3.8, 4) is 11.5 Å². The Balaban J connectivity index is 1.98. The quantitative estimate of drug-likeness (QED) is 0.833. The van der Waals surface area contributed by atoms with Crippen LogP contribution >= 0.6 is 0 Å². The molecule has 1 saturated heterocycles. The molecule has 7 nitrogen and oxygen atoms in total. The van der Waals surface area contributed by atoms with Crippen molar-refractivity contribution in [1.29, 1.82) is 0 Å². The Morgan fingerprint density at radius 1 is 1.27 bits per heavy atom. The van der Waals surface area contributed by atoms with Crippen LogP contribution in [0.2, 0.25) is 0 Å². The van der Waals surface area contributed by atoms with E-state index >= 15 is 0 Å². The summed E-state index contributed by atoms with van der Waals surface area (Å²) in [6.45, 7) is 2.79. The number of benzene rings is 1. The van der Waals surface area contributed by atoms with E-state index in [0.29, 0.717) is 59.5 Å². The molecule has 26 heavy (non-hydrogen) atoms. The number of likely N-dealkylation sites (tertiary alicyclic amines) is 1. The molecule has 1 aromatic carbocycles. The molecule has 0 saturated carbocycles. The summed E-state index contributed by atoms with van der Waals surface area (Å²) in [5.74, 6) is 0.905. The second-order valence-corrected chi connectivity index (χ2v) is 6.48. The highest BCUT2D eigenvalue weighted by Crippen LogP contribution is 2.33. The monoisotopic (exact) mass is 361 g/mol. The van der Waals surface area contributed by atoms with Crippen molar-refractivity contribution in [2.75, 3.05) is 27.3 Å². The fourth-order valence-electron chi connectivity index (χ4n) is 3.34. The number of piperidine rings is 1. The van der Waals surface area contributed by atoms with Crippen LogP contribution in [0, 0.1) is 6.92 Å². The molecule has 1 fully saturated rings. The van der Waals surface area contributed by atoms with Gasteiger partial charge in [0.1, 0.15) is 17.1 Å². The second-order valence-electron chi connectivity index (χ2n) is 6.48. The van der Waals surface area contributed by atoms with Crippen molar-refractivity contribution in [3.63, 3.8) is 0 Å². The van der Waals surface area contributed by atoms with Crippen molar-refractivity contribution in [2.24, 2.45) is 0 Å². The van der Waals surface area contributed by atoms with E-state index in [-0.39, 0.29) is 18.4 Å². The van der Waals surface area contributed by atoms with E-state index in [4.69, 9.17) is 13.9 Å². The van der Waals surface area contributed by atoms with Crippen molar-refractivity contribution in [2.45, 2.75) is 32.3 Å². The minimum Gasteiger partial charge on any atom is -0.496 e. The van der Waals surface area contributed by atoms with E-state index < -0.39 is 5.63 Å². The van der Waals surface area contributed by atoms with Gasteiger partial charge in [-0.05, 0) is 25.3 Å². The number of aliphatic hydroxyl groups excluding tert-OH is 1. The van der Waals surface area contributed by atoms with E-state index in [9.17, 15) is 14.7 Å². The zero-order chi connectivity index (χ0) is 18.8. The predicted molar refractivity (Wildman–Crippen MR) is 95.8 cm³/mol. The summed E-state index contributed by atoms with van der Waals surface area (Å²) in [7, 11) is 3.05. The standard InChI is InChI=1S/C19H23NO6/c1-11-14(10-17(22)20-6-4-12(21)5-7-20)19(23)26-16-9-13(24-2)8-15(25-3)18(11)16/h8-9,12,21H,4-7,10H2,1-3H3. The van der Waals surface area contributed by atoms with Crippen LogP contribution in [0.15, 0.2) is 21.3 Å². The number of methoxy groups -OCH3 is 2. The number of aliphatic hydroxyl groups is 1. The number of amides is 1.